The van der Waals surface area contributed by atoms with Gasteiger partial charge in [-0.25, -0.2) is 0 Å². The number of rotatable bonds is 10. The van der Waals surface area contributed by atoms with E-state index in [1.807, 2.05) is 12.2 Å². The van der Waals surface area contributed by atoms with Crippen LogP contribution in [0.5, 0.6) is 0 Å². The van der Waals surface area contributed by atoms with E-state index in [1.165, 1.54) is 19.3 Å². The molecule has 0 rings (SSSR count). The van der Waals surface area contributed by atoms with Crippen LogP contribution in [0.1, 0.15) is 58.8 Å². The fraction of sp³-hybridized carbons (Fsp3) is 0.733. The predicted octanol–water partition coefficient (Wildman–Crippen LogP) is 4.48. The van der Waals surface area contributed by atoms with Gasteiger partial charge in [-0.15, -0.1) is 13.2 Å². The van der Waals surface area contributed by atoms with Gasteiger partial charge in [0.05, 0.1) is 5.60 Å². The van der Waals surface area contributed by atoms with Crippen molar-refractivity contribution in [2.75, 3.05) is 0 Å². The molecule has 0 heterocycles. The second-order valence-electron chi connectivity index (χ2n) is 4.69. The molecule has 0 spiro atoms. The standard InChI is InChI=1S/C15H28O/c1-5-9-10-11-14(8-4)15(16,12-6-2)13-7-3/h6-7,14,16H,2-3,5,8-13H2,1,4H3. The van der Waals surface area contributed by atoms with Gasteiger partial charge in [-0.2, -0.15) is 0 Å². The molecular formula is C15H28O. The monoisotopic (exact) mass is 224 g/mol. The SMILES string of the molecule is C=CCC(O)(CC=C)C(CC)CCCCC. The van der Waals surface area contributed by atoms with Crippen molar-refractivity contribution in [3.05, 3.63) is 25.3 Å². The molecule has 0 aliphatic carbocycles. The van der Waals surface area contributed by atoms with Crippen molar-refractivity contribution in [3.8, 4) is 0 Å². The summed E-state index contributed by atoms with van der Waals surface area (Å²) in [6, 6.07) is 0. The van der Waals surface area contributed by atoms with Crippen molar-refractivity contribution in [1.82, 2.24) is 0 Å². The van der Waals surface area contributed by atoms with Gasteiger partial charge in [-0.3, -0.25) is 0 Å². The van der Waals surface area contributed by atoms with Gasteiger partial charge in [-0.05, 0) is 25.2 Å². The Bertz CT molecular complexity index is 186. The third-order valence-corrected chi connectivity index (χ3v) is 3.40. The predicted molar refractivity (Wildman–Crippen MR) is 72.5 cm³/mol. The quantitative estimate of drug-likeness (QED) is 0.428. The van der Waals surface area contributed by atoms with Crippen molar-refractivity contribution in [2.45, 2.75) is 64.4 Å². The average molecular weight is 224 g/mol. The zero-order valence-corrected chi connectivity index (χ0v) is 11.0. The lowest BCUT2D eigenvalue weighted by atomic mass is 9.77. The van der Waals surface area contributed by atoms with E-state index in [0.717, 1.165) is 12.8 Å². The van der Waals surface area contributed by atoms with E-state index in [0.29, 0.717) is 18.8 Å². The van der Waals surface area contributed by atoms with Crippen LogP contribution in [0, 0.1) is 5.92 Å². The molecule has 1 nitrogen and oxygen atoms in total. The summed E-state index contributed by atoms with van der Waals surface area (Å²) in [6.07, 6.45) is 10.8. The summed E-state index contributed by atoms with van der Waals surface area (Å²) in [7, 11) is 0. The van der Waals surface area contributed by atoms with Crippen LogP contribution >= 0.6 is 0 Å². The molecule has 0 aliphatic heterocycles. The minimum atomic E-state index is -0.619. The van der Waals surface area contributed by atoms with Gasteiger partial charge in [0.1, 0.15) is 0 Å². The van der Waals surface area contributed by atoms with Crippen LogP contribution in [0.4, 0.5) is 0 Å². The van der Waals surface area contributed by atoms with E-state index >= 15 is 0 Å². The fourth-order valence-corrected chi connectivity index (χ4v) is 2.41. The first kappa shape index (κ1) is 15.4. The third-order valence-electron chi connectivity index (χ3n) is 3.40. The normalized spacial score (nSPS) is 13.4. The first-order valence-electron chi connectivity index (χ1n) is 6.58. The molecular weight excluding hydrogens is 196 g/mol. The van der Waals surface area contributed by atoms with E-state index < -0.39 is 5.60 Å². The minimum absolute atomic E-state index is 0.370. The molecule has 0 aromatic carbocycles. The van der Waals surface area contributed by atoms with Crippen LogP contribution in [0.3, 0.4) is 0 Å². The smallest absolute Gasteiger partial charge is 0.0743 e. The molecule has 16 heavy (non-hydrogen) atoms. The molecule has 1 N–H and O–H groups in total. The van der Waals surface area contributed by atoms with Crippen LogP contribution in [-0.4, -0.2) is 10.7 Å². The Morgan fingerprint density at radius 1 is 1.12 bits per heavy atom. The maximum Gasteiger partial charge on any atom is 0.0743 e. The highest BCUT2D eigenvalue weighted by Crippen LogP contribution is 2.32. The Hall–Kier alpha value is -0.560. The summed E-state index contributed by atoms with van der Waals surface area (Å²) in [5.74, 6) is 0.370. The highest BCUT2D eigenvalue weighted by Gasteiger charge is 2.32. The van der Waals surface area contributed by atoms with Crippen molar-refractivity contribution < 1.29 is 5.11 Å². The second-order valence-corrected chi connectivity index (χ2v) is 4.69. The maximum atomic E-state index is 10.6. The first-order valence-corrected chi connectivity index (χ1v) is 6.58. The second kappa shape index (κ2) is 8.58. The van der Waals surface area contributed by atoms with E-state index in [2.05, 4.69) is 27.0 Å². The largest absolute Gasteiger partial charge is 0.389 e. The van der Waals surface area contributed by atoms with E-state index in [1.54, 1.807) is 0 Å². The molecule has 1 atom stereocenters. The molecule has 0 aromatic rings. The van der Waals surface area contributed by atoms with Crippen LogP contribution in [-0.2, 0) is 0 Å². The van der Waals surface area contributed by atoms with E-state index in [9.17, 15) is 5.11 Å². The van der Waals surface area contributed by atoms with Crippen LogP contribution in [0.15, 0.2) is 25.3 Å². The Morgan fingerprint density at radius 3 is 2.06 bits per heavy atom. The fourth-order valence-electron chi connectivity index (χ4n) is 2.41. The molecule has 0 saturated heterocycles. The molecule has 1 unspecified atom stereocenters. The van der Waals surface area contributed by atoms with Gasteiger partial charge < -0.3 is 5.11 Å². The van der Waals surface area contributed by atoms with Crippen LogP contribution < -0.4 is 0 Å². The summed E-state index contributed by atoms with van der Waals surface area (Å²) in [4.78, 5) is 0. The molecule has 1 heteroatoms. The molecule has 0 aliphatic rings. The molecule has 0 aromatic heterocycles. The average Bonchev–Trinajstić information content (AvgIpc) is 2.25. The Balaban J connectivity index is 4.43. The zero-order chi connectivity index (χ0) is 12.4. The minimum Gasteiger partial charge on any atom is -0.389 e. The molecule has 0 bridgehead atoms. The van der Waals surface area contributed by atoms with E-state index in [-0.39, 0.29) is 0 Å². The maximum absolute atomic E-state index is 10.6. The lowest BCUT2D eigenvalue weighted by molar-refractivity contribution is -0.0194. The zero-order valence-electron chi connectivity index (χ0n) is 11.0. The van der Waals surface area contributed by atoms with E-state index in [4.69, 9.17) is 0 Å². The number of hydrogen-bond donors (Lipinski definition) is 1. The summed E-state index contributed by atoms with van der Waals surface area (Å²) in [5, 5.41) is 10.6. The summed E-state index contributed by atoms with van der Waals surface area (Å²) < 4.78 is 0. The first-order chi connectivity index (χ1) is 7.64. The van der Waals surface area contributed by atoms with Crippen molar-refractivity contribution in [1.29, 1.82) is 0 Å². The molecule has 0 fully saturated rings. The Morgan fingerprint density at radius 2 is 1.69 bits per heavy atom. The van der Waals surface area contributed by atoms with Gasteiger partial charge in [0.2, 0.25) is 0 Å². The number of unbranched alkanes of at least 4 members (excludes halogenated alkanes) is 2. The van der Waals surface area contributed by atoms with Crippen LogP contribution in [0.2, 0.25) is 0 Å². The number of hydrogen-bond acceptors (Lipinski definition) is 1. The van der Waals surface area contributed by atoms with Gasteiger partial charge in [0.15, 0.2) is 0 Å². The highest BCUT2D eigenvalue weighted by atomic mass is 16.3. The molecule has 0 radical (unpaired) electrons. The Kier molecular flexibility index (Phi) is 8.28. The lowest BCUT2D eigenvalue weighted by Crippen LogP contribution is -2.36. The molecule has 0 saturated carbocycles. The summed E-state index contributed by atoms with van der Waals surface area (Å²) >= 11 is 0. The van der Waals surface area contributed by atoms with Gasteiger partial charge >= 0.3 is 0 Å². The number of aliphatic hydroxyl groups is 1. The van der Waals surface area contributed by atoms with Gasteiger partial charge in [-0.1, -0.05) is 51.7 Å². The topological polar surface area (TPSA) is 20.2 Å². The van der Waals surface area contributed by atoms with Gasteiger partial charge in [0.25, 0.3) is 0 Å². The third kappa shape index (κ3) is 4.98. The van der Waals surface area contributed by atoms with Crippen LogP contribution in [0.25, 0.3) is 0 Å². The summed E-state index contributed by atoms with van der Waals surface area (Å²) in [5.41, 5.74) is -0.619. The molecule has 0 amide bonds. The lowest BCUT2D eigenvalue weighted by Gasteiger charge is -2.34. The van der Waals surface area contributed by atoms with Crippen molar-refractivity contribution in [3.63, 3.8) is 0 Å². The van der Waals surface area contributed by atoms with Gasteiger partial charge in [0, 0.05) is 0 Å². The highest BCUT2D eigenvalue weighted by molar-refractivity contribution is 4.96. The van der Waals surface area contributed by atoms with Crippen molar-refractivity contribution >= 4 is 0 Å². The molecule has 94 valence electrons. The van der Waals surface area contributed by atoms with Crippen molar-refractivity contribution in [2.24, 2.45) is 5.92 Å². The Labute approximate surface area is 101 Å². The summed E-state index contributed by atoms with van der Waals surface area (Å²) in [6.45, 7) is 11.9.